The molecule has 1 fully saturated rings. The van der Waals surface area contributed by atoms with Crippen LogP contribution in [-0.2, 0) is 13.0 Å². The minimum Gasteiger partial charge on any atom is -0.356 e. The predicted molar refractivity (Wildman–Crippen MR) is 114 cm³/mol. The van der Waals surface area contributed by atoms with Gasteiger partial charge in [0.15, 0.2) is 5.96 Å². The summed E-state index contributed by atoms with van der Waals surface area (Å²) < 4.78 is 0. The number of rotatable bonds is 6. The van der Waals surface area contributed by atoms with E-state index in [2.05, 4.69) is 65.3 Å². The molecular formula is C19H33IN4. The van der Waals surface area contributed by atoms with Gasteiger partial charge in [0.2, 0.25) is 0 Å². The van der Waals surface area contributed by atoms with Crippen LogP contribution in [0.3, 0.4) is 0 Å². The van der Waals surface area contributed by atoms with E-state index in [4.69, 9.17) is 0 Å². The van der Waals surface area contributed by atoms with Crippen molar-refractivity contribution in [3.8, 4) is 0 Å². The van der Waals surface area contributed by atoms with Crippen LogP contribution in [0.15, 0.2) is 29.3 Å². The van der Waals surface area contributed by atoms with Gasteiger partial charge < -0.3 is 15.1 Å². The van der Waals surface area contributed by atoms with E-state index in [1.165, 1.54) is 37.2 Å². The molecule has 0 spiro atoms. The Morgan fingerprint density at radius 2 is 1.92 bits per heavy atom. The third-order valence-electron chi connectivity index (χ3n) is 4.79. The zero-order valence-corrected chi connectivity index (χ0v) is 17.9. The molecule has 5 heteroatoms. The number of aryl methyl sites for hydroxylation is 1. The van der Waals surface area contributed by atoms with Crippen LogP contribution in [0.5, 0.6) is 0 Å². The molecule has 1 aliphatic rings. The highest BCUT2D eigenvalue weighted by molar-refractivity contribution is 14.0. The Morgan fingerprint density at radius 1 is 1.25 bits per heavy atom. The fourth-order valence-corrected chi connectivity index (χ4v) is 3.22. The molecule has 0 bridgehead atoms. The highest BCUT2D eigenvalue weighted by atomic mass is 127. The molecule has 0 radical (unpaired) electrons. The number of hydrogen-bond donors (Lipinski definition) is 1. The van der Waals surface area contributed by atoms with Gasteiger partial charge in [-0.15, -0.1) is 24.0 Å². The molecule has 0 amide bonds. The average Bonchev–Trinajstić information content (AvgIpc) is 3.04. The first kappa shape index (κ1) is 21.2. The largest absolute Gasteiger partial charge is 0.356 e. The van der Waals surface area contributed by atoms with E-state index in [-0.39, 0.29) is 24.0 Å². The van der Waals surface area contributed by atoms with E-state index in [1.807, 2.05) is 7.05 Å². The lowest BCUT2D eigenvalue weighted by molar-refractivity contribution is 0.340. The fraction of sp³-hybridized carbons (Fsp3) is 0.632. The van der Waals surface area contributed by atoms with E-state index in [0.29, 0.717) is 0 Å². The Kier molecular flexibility index (Phi) is 9.66. The third kappa shape index (κ3) is 6.24. The second-order valence-corrected chi connectivity index (χ2v) is 6.50. The van der Waals surface area contributed by atoms with Gasteiger partial charge in [-0.2, -0.15) is 0 Å². The number of guanidine groups is 1. The Labute approximate surface area is 164 Å². The third-order valence-corrected chi connectivity index (χ3v) is 4.79. The van der Waals surface area contributed by atoms with Gasteiger partial charge in [0.05, 0.1) is 0 Å². The average molecular weight is 444 g/mol. The molecule has 0 saturated carbocycles. The molecule has 0 aromatic heterocycles. The van der Waals surface area contributed by atoms with Gasteiger partial charge in [-0.1, -0.05) is 38.1 Å². The maximum absolute atomic E-state index is 4.44. The summed E-state index contributed by atoms with van der Waals surface area (Å²) in [5, 5.41) is 3.55. The first-order valence-electron chi connectivity index (χ1n) is 8.88. The van der Waals surface area contributed by atoms with Crippen molar-refractivity contribution < 1.29 is 0 Å². The molecule has 1 aromatic rings. The maximum Gasteiger partial charge on any atom is 0.193 e. The van der Waals surface area contributed by atoms with E-state index in [0.717, 1.165) is 31.4 Å². The van der Waals surface area contributed by atoms with Gasteiger partial charge in [0, 0.05) is 33.7 Å². The normalized spacial score (nSPS) is 18.3. The quantitative estimate of drug-likeness (QED) is 0.415. The van der Waals surface area contributed by atoms with Crippen molar-refractivity contribution in [3.63, 3.8) is 0 Å². The van der Waals surface area contributed by atoms with Crippen LogP contribution in [-0.4, -0.2) is 56.0 Å². The van der Waals surface area contributed by atoms with Gasteiger partial charge in [0.25, 0.3) is 0 Å². The lowest BCUT2D eigenvalue weighted by Gasteiger charge is -2.23. The molecule has 136 valence electrons. The Morgan fingerprint density at radius 3 is 2.46 bits per heavy atom. The van der Waals surface area contributed by atoms with Crippen LogP contribution in [0.1, 0.15) is 31.4 Å². The van der Waals surface area contributed by atoms with Crippen molar-refractivity contribution in [1.82, 2.24) is 15.1 Å². The summed E-state index contributed by atoms with van der Waals surface area (Å²) in [6, 6.07) is 8.88. The number of hydrogen-bond acceptors (Lipinski definition) is 2. The van der Waals surface area contributed by atoms with Crippen LogP contribution in [0.25, 0.3) is 0 Å². The van der Waals surface area contributed by atoms with Crippen LogP contribution >= 0.6 is 24.0 Å². The first-order valence-corrected chi connectivity index (χ1v) is 8.88. The monoisotopic (exact) mass is 444 g/mol. The molecule has 1 unspecified atom stereocenters. The number of benzene rings is 1. The van der Waals surface area contributed by atoms with Gasteiger partial charge in [0.1, 0.15) is 0 Å². The van der Waals surface area contributed by atoms with Crippen LogP contribution < -0.4 is 5.32 Å². The summed E-state index contributed by atoms with van der Waals surface area (Å²) in [6.07, 6.45) is 2.38. The molecule has 1 heterocycles. The molecule has 1 aromatic carbocycles. The molecule has 1 atom stereocenters. The van der Waals surface area contributed by atoms with Gasteiger partial charge in [-0.25, -0.2) is 0 Å². The van der Waals surface area contributed by atoms with Gasteiger partial charge >= 0.3 is 0 Å². The van der Waals surface area contributed by atoms with Gasteiger partial charge in [-0.3, -0.25) is 4.99 Å². The summed E-state index contributed by atoms with van der Waals surface area (Å²) in [5.74, 6) is 1.73. The maximum atomic E-state index is 4.44. The number of nitrogens with zero attached hydrogens (tertiary/aromatic N) is 3. The minimum absolute atomic E-state index is 0. The smallest absolute Gasteiger partial charge is 0.193 e. The number of aliphatic imine (C=N–C) groups is 1. The zero-order valence-electron chi connectivity index (χ0n) is 15.6. The predicted octanol–water partition coefficient (Wildman–Crippen LogP) is 3.22. The number of likely N-dealkylation sites (tertiary alicyclic amines) is 1. The summed E-state index contributed by atoms with van der Waals surface area (Å²) in [6.45, 7) is 9.95. The lowest BCUT2D eigenvalue weighted by Crippen LogP contribution is -2.41. The molecule has 4 nitrogen and oxygen atoms in total. The molecule has 24 heavy (non-hydrogen) atoms. The van der Waals surface area contributed by atoms with E-state index in [9.17, 15) is 0 Å². The van der Waals surface area contributed by atoms with Crippen molar-refractivity contribution in [2.75, 3.05) is 40.3 Å². The highest BCUT2D eigenvalue weighted by Crippen LogP contribution is 2.14. The Hall–Kier alpha value is -0.820. The summed E-state index contributed by atoms with van der Waals surface area (Å²) in [4.78, 5) is 9.16. The molecule has 1 N–H and O–H groups in total. The van der Waals surface area contributed by atoms with Crippen molar-refractivity contribution in [1.29, 1.82) is 0 Å². The van der Waals surface area contributed by atoms with E-state index in [1.54, 1.807) is 0 Å². The second kappa shape index (κ2) is 10.9. The Balaban J connectivity index is 0.00000288. The highest BCUT2D eigenvalue weighted by Gasteiger charge is 2.21. The topological polar surface area (TPSA) is 30.9 Å². The number of halogens is 1. The van der Waals surface area contributed by atoms with E-state index >= 15 is 0 Å². The molecule has 1 saturated heterocycles. The summed E-state index contributed by atoms with van der Waals surface area (Å²) >= 11 is 0. The van der Waals surface area contributed by atoms with Crippen LogP contribution in [0.2, 0.25) is 0 Å². The van der Waals surface area contributed by atoms with Crippen molar-refractivity contribution in [3.05, 3.63) is 35.4 Å². The van der Waals surface area contributed by atoms with Gasteiger partial charge in [-0.05, 0) is 43.0 Å². The minimum atomic E-state index is 0. The van der Waals surface area contributed by atoms with Crippen LogP contribution in [0, 0.1) is 5.92 Å². The molecule has 2 rings (SSSR count). The first-order chi connectivity index (χ1) is 11.2. The SMILES string of the molecule is CCc1ccc(CN(C)C(=NC)NCC2CCN(CC)C2)cc1.I. The fourth-order valence-electron chi connectivity index (χ4n) is 3.22. The standard InChI is InChI=1S/C19H32N4.HI/c1-5-16-7-9-17(10-8-16)14-22(4)19(20-3)21-13-18-11-12-23(6-2)15-18;/h7-10,18H,5-6,11-15H2,1-4H3,(H,20,21);1H. The lowest BCUT2D eigenvalue weighted by atomic mass is 10.1. The summed E-state index contributed by atoms with van der Waals surface area (Å²) in [7, 11) is 3.97. The second-order valence-electron chi connectivity index (χ2n) is 6.50. The zero-order chi connectivity index (χ0) is 16.7. The molecule has 0 aliphatic carbocycles. The van der Waals surface area contributed by atoms with Crippen molar-refractivity contribution in [2.24, 2.45) is 10.9 Å². The van der Waals surface area contributed by atoms with Crippen molar-refractivity contribution in [2.45, 2.75) is 33.2 Å². The van der Waals surface area contributed by atoms with Crippen molar-refractivity contribution >= 4 is 29.9 Å². The summed E-state index contributed by atoms with van der Waals surface area (Å²) in [5.41, 5.74) is 2.71. The van der Waals surface area contributed by atoms with E-state index < -0.39 is 0 Å². The van der Waals surface area contributed by atoms with Crippen LogP contribution in [0.4, 0.5) is 0 Å². The molecule has 1 aliphatic heterocycles. The number of nitrogens with one attached hydrogen (secondary N) is 1. The Bertz CT molecular complexity index is 501. The molecular weight excluding hydrogens is 411 g/mol.